The topological polar surface area (TPSA) is 87.1 Å². The summed E-state index contributed by atoms with van der Waals surface area (Å²) >= 11 is 5.68. The molecule has 4 nitrogen and oxygen atoms in total. The molecule has 0 radical (unpaired) electrons. The van der Waals surface area contributed by atoms with Crippen molar-refractivity contribution in [1.82, 2.24) is 0 Å². The summed E-state index contributed by atoms with van der Waals surface area (Å²) in [6, 6.07) is 4.65. The molecule has 0 aliphatic rings. The zero-order valence-corrected chi connectivity index (χ0v) is 7.88. The van der Waals surface area contributed by atoms with Gasteiger partial charge in [0.1, 0.15) is 0 Å². The van der Waals surface area contributed by atoms with Crippen molar-refractivity contribution in [2.24, 2.45) is 0 Å². The number of carbonyl (C=O) groups is 1. The predicted octanol–water partition coefficient (Wildman–Crippen LogP) is 1.42. The normalized spacial score (nSPS) is 9.43. The fraction of sp³-hybridized carbons (Fsp3) is 0.111. The molecule has 1 rings (SSSR count). The van der Waals surface area contributed by atoms with Crippen LogP contribution in [0.2, 0.25) is 5.02 Å². The minimum absolute atomic E-state index is 0.232. The lowest BCUT2D eigenvalue weighted by molar-refractivity contribution is -0.136. The molecule has 3 N–H and O–H groups in total. The molecule has 0 bridgehead atoms. The molecule has 72 valence electrons. The third-order valence-electron chi connectivity index (χ3n) is 1.68. The average molecular weight is 211 g/mol. The Morgan fingerprint density at radius 3 is 2.79 bits per heavy atom. The van der Waals surface area contributed by atoms with Crippen molar-refractivity contribution in [2.75, 3.05) is 5.73 Å². The van der Waals surface area contributed by atoms with Crippen molar-refractivity contribution in [3.63, 3.8) is 0 Å². The number of anilines is 1. The van der Waals surface area contributed by atoms with E-state index in [9.17, 15) is 4.79 Å². The second-order valence-corrected chi connectivity index (χ2v) is 3.12. The Kier molecular flexibility index (Phi) is 2.95. The third-order valence-corrected chi connectivity index (χ3v) is 2.01. The third kappa shape index (κ3) is 2.15. The van der Waals surface area contributed by atoms with Crippen LogP contribution in [0.1, 0.15) is 11.1 Å². The van der Waals surface area contributed by atoms with E-state index >= 15 is 0 Å². The van der Waals surface area contributed by atoms with E-state index in [0.717, 1.165) is 0 Å². The van der Waals surface area contributed by atoms with E-state index in [-0.39, 0.29) is 22.7 Å². The molecule has 0 unspecified atom stereocenters. The van der Waals surface area contributed by atoms with Crippen LogP contribution in [-0.4, -0.2) is 11.1 Å². The summed E-state index contributed by atoms with van der Waals surface area (Å²) in [7, 11) is 0. The fourth-order valence-electron chi connectivity index (χ4n) is 1.05. The van der Waals surface area contributed by atoms with E-state index in [1.54, 1.807) is 0 Å². The maximum absolute atomic E-state index is 10.4. The van der Waals surface area contributed by atoms with Gasteiger partial charge in [0.2, 0.25) is 0 Å². The quantitative estimate of drug-likeness (QED) is 0.723. The van der Waals surface area contributed by atoms with Gasteiger partial charge in [-0.25, -0.2) is 0 Å². The molecule has 0 amide bonds. The molecule has 0 spiro atoms. The number of hydrogen-bond acceptors (Lipinski definition) is 3. The smallest absolute Gasteiger partial charge is 0.307 e. The minimum atomic E-state index is -1.01. The number of carboxylic acid groups (broad SMARTS) is 1. The Bertz CT molecular complexity index is 424. The van der Waals surface area contributed by atoms with Gasteiger partial charge in [-0.1, -0.05) is 11.6 Å². The first-order valence-electron chi connectivity index (χ1n) is 3.74. The maximum atomic E-state index is 10.4. The lowest BCUT2D eigenvalue weighted by atomic mass is 10.0. The number of rotatable bonds is 2. The van der Waals surface area contributed by atoms with Gasteiger partial charge in [-0.3, -0.25) is 4.79 Å². The van der Waals surface area contributed by atoms with Crippen LogP contribution in [0.15, 0.2) is 12.1 Å². The Balaban J connectivity index is 3.22. The number of nitrogens with zero attached hydrogens (tertiary/aromatic N) is 1. The van der Waals surface area contributed by atoms with Crippen molar-refractivity contribution in [3.05, 3.63) is 28.3 Å². The van der Waals surface area contributed by atoms with Crippen LogP contribution in [0.25, 0.3) is 0 Å². The van der Waals surface area contributed by atoms with E-state index in [1.807, 2.05) is 6.07 Å². The number of benzene rings is 1. The van der Waals surface area contributed by atoms with Gasteiger partial charge in [-0.05, 0) is 17.7 Å². The van der Waals surface area contributed by atoms with Gasteiger partial charge in [0.15, 0.2) is 0 Å². The highest BCUT2D eigenvalue weighted by Gasteiger charge is 2.09. The van der Waals surface area contributed by atoms with Crippen molar-refractivity contribution in [3.8, 4) is 6.07 Å². The summed E-state index contributed by atoms with van der Waals surface area (Å²) in [5.74, 6) is -1.01. The second kappa shape index (κ2) is 3.99. The summed E-state index contributed by atoms with van der Waals surface area (Å²) in [6.07, 6.45) is -0.232. The monoisotopic (exact) mass is 210 g/mol. The molecule has 0 saturated carbocycles. The lowest BCUT2D eigenvalue weighted by Crippen LogP contribution is -2.03. The van der Waals surface area contributed by atoms with E-state index in [0.29, 0.717) is 5.56 Å². The molecule has 0 heterocycles. The maximum Gasteiger partial charge on any atom is 0.307 e. The molecule has 1 aromatic rings. The van der Waals surface area contributed by atoms with Crippen LogP contribution in [-0.2, 0) is 11.2 Å². The fourth-order valence-corrected chi connectivity index (χ4v) is 1.21. The predicted molar refractivity (Wildman–Crippen MR) is 51.9 cm³/mol. The highest BCUT2D eigenvalue weighted by atomic mass is 35.5. The molecule has 0 aliphatic heterocycles. The number of aliphatic carboxylic acids is 1. The van der Waals surface area contributed by atoms with Crippen LogP contribution >= 0.6 is 11.6 Å². The first-order chi connectivity index (χ1) is 6.54. The highest BCUT2D eigenvalue weighted by molar-refractivity contribution is 6.33. The van der Waals surface area contributed by atoms with Gasteiger partial charge >= 0.3 is 5.97 Å². The summed E-state index contributed by atoms with van der Waals surface area (Å²) in [4.78, 5) is 10.4. The second-order valence-electron chi connectivity index (χ2n) is 2.71. The summed E-state index contributed by atoms with van der Waals surface area (Å²) in [6.45, 7) is 0. The molecule has 5 heteroatoms. The van der Waals surface area contributed by atoms with Crippen molar-refractivity contribution in [1.29, 1.82) is 5.26 Å². The van der Waals surface area contributed by atoms with E-state index < -0.39 is 5.97 Å². The number of nitriles is 1. The molecule has 0 saturated heterocycles. The first kappa shape index (κ1) is 10.4. The van der Waals surface area contributed by atoms with Gasteiger partial charge in [-0.2, -0.15) is 5.26 Å². The number of halogens is 1. The average Bonchev–Trinajstić information content (AvgIpc) is 2.10. The van der Waals surface area contributed by atoms with Gasteiger partial charge < -0.3 is 10.8 Å². The summed E-state index contributed by atoms with van der Waals surface area (Å²) in [5, 5.41) is 17.5. The molecule has 1 aromatic carbocycles. The summed E-state index contributed by atoms with van der Waals surface area (Å²) < 4.78 is 0. The number of nitrogen functional groups attached to an aromatic ring is 1. The molecule has 0 atom stereocenters. The van der Waals surface area contributed by atoms with Crippen LogP contribution in [0, 0.1) is 11.3 Å². The Hall–Kier alpha value is -1.73. The zero-order valence-electron chi connectivity index (χ0n) is 7.12. The van der Waals surface area contributed by atoms with Crippen molar-refractivity contribution in [2.45, 2.75) is 6.42 Å². The SMILES string of the molecule is N#Cc1cc(Cl)c(N)cc1CC(=O)O. The number of nitrogens with two attached hydrogens (primary N) is 1. The van der Waals surface area contributed by atoms with Gasteiger partial charge in [0.25, 0.3) is 0 Å². The minimum Gasteiger partial charge on any atom is -0.481 e. The molecule has 14 heavy (non-hydrogen) atoms. The van der Waals surface area contributed by atoms with E-state index in [1.165, 1.54) is 12.1 Å². The highest BCUT2D eigenvalue weighted by Crippen LogP contribution is 2.23. The molecule has 0 aromatic heterocycles. The zero-order chi connectivity index (χ0) is 10.7. The van der Waals surface area contributed by atoms with Crippen molar-refractivity contribution < 1.29 is 9.90 Å². The molecular formula is C9H7ClN2O2. The van der Waals surface area contributed by atoms with Crippen LogP contribution in [0.5, 0.6) is 0 Å². The first-order valence-corrected chi connectivity index (χ1v) is 4.12. The number of carboxylic acids is 1. The largest absolute Gasteiger partial charge is 0.481 e. The van der Waals surface area contributed by atoms with Crippen LogP contribution < -0.4 is 5.73 Å². The Morgan fingerprint density at radius 2 is 2.29 bits per heavy atom. The number of hydrogen-bond donors (Lipinski definition) is 2. The van der Waals surface area contributed by atoms with E-state index in [2.05, 4.69) is 0 Å². The van der Waals surface area contributed by atoms with Crippen LogP contribution in [0.3, 0.4) is 0 Å². The lowest BCUT2D eigenvalue weighted by Gasteiger charge is -2.04. The Labute approximate surface area is 85.5 Å². The molecular weight excluding hydrogens is 204 g/mol. The standard InChI is InChI=1S/C9H7ClN2O2/c10-7-1-6(4-11)5(2-8(7)12)3-9(13)14/h1-2H,3,12H2,(H,13,14). The van der Waals surface area contributed by atoms with Gasteiger partial charge in [-0.15, -0.1) is 0 Å². The van der Waals surface area contributed by atoms with E-state index in [4.69, 9.17) is 27.7 Å². The van der Waals surface area contributed by atoms with Crippen molar-refractivity contribution >= 4 is 23.3 Å². The summed E-state index contributed by atoms with van der Waals surface area (Å²) in [5.41, 5.74) is 6.38. The molecule has 0 fully saturated rings. The van der Waals surface area contributed by atoms with Crippen LogP contribution in [0.4, 0.5) is 5.69 Å². The Morgan fingerprint density at radius 1 is 1.64 bits per heavy atom. The van der Waals surface area contributed by atoms with Gasteiger partial charge in [0, 0.05) is 0 Å². The van der Waals surface area contributed by atoms with Gasteiger partial charge in [0.05, 0.1) is 28.8 Å². The molecule has 0 aliphatic carbocycles.